The number of halogens is 1. The van der Waals surface area contributed by atoms with E-state index in [9.17, 15) is 4.79 Å². The Morgan fingerprint density at radius 2 is 2.19 bits per heavy atom. The van der Waals surface area contributed by atoms with E-state index in [1.165, 1.54) is 6.42 Å². The fourth-order valence-corrected chi connectivity index (χ4v) is 3.33. The number of benzene rings is 1. The Morgan fingerprint density at radius 3 is 2.90 bits per heavy atom. The number of piperidine rings is 1. The van der Waals surface area contributed by atoms with Crippen molar-refractivity contribution in [2.45, 2.75) is 51.6 Å². The van der Waals surface area contributed by atoms with E-state index in [-0.39, 0.29) is 11.9 Å². The molecule has 0 aliphatic carbocycles. The molecular formula is C17H25ClN2O. The van der Waals surface area contributed by atoms with Gasteiger partial charge in [-0.25, -0.2) is 0 Å². The van der Waals surface area contributed by atoms with Gasteiger partial charge >= 0.3 is 0 Å². The summed E-state index contributed by atoms with van der Waals surface area (Å²) in [6, 6.07) is 8.27. The average Bonchev–Trinajstić information content (AvgIpc) is 2.52. The largest absolute Gasteiger partial charge is 0.339 e. The van der Waals surface area contributed by atoms with Gasteiger partial charge in [0.2, 0.25) is 5.91 Å². The second-order valence-corrected chi connectivity index (χ2v) is 6.18. The van der Waals surface area contributed by atoms with Gasteiger partial charge in [-0.05, 0) is 44.2 Å². The molecular weight excluding hydrogens is 284 g/mol. The summed E-state index contributed by atoms with van der Waals surface area (Å²) in [7, 11) is 0. The molecule has 1 aliphatic rings. The number of carbonyl (C=O) groups is 1. The average molecular weight is 309 g/mol. The lowest BCUT2D eigenvalue weighted by Crippen LogP contribution is -2.47. The van der Waals surface area contributed by atoms with Crippen LogP contribution in [-0.4, -0.2) is 29.9 Å². The van der Waals surface area contributed by atoms with E-state index in [0.29, 0.717) is 12.6 Å². The Balaban J connectivity index is 1.90. The maximum atomic E-state index is 12.4. The van der Waals surface area contributed by atoms with E-state index in [2.05, 4.69) is 17.1 Å². The Labute approximate surface area is 132 Å². The minimum atomic E-state index is 0.0764. The second-order valence-electron chi connectivity index (χ2n) is 5.77. The fraction of sp³-hybridized carbons (Fsp3) is 0.588. The van der Waals surface area contributed by atoms with Gasteiger partial charge in [-0.1, -0.05) is 36.7 Å². The fourth-order valence-electron chi connectivity index (χ4n) is 3.03. The molecule has 0 saturated carbocycles. The summed E-state index contributed by atoms with van der Waals surface area (Å²) in [6.45, 7) is 5.49. The zero-order valence-electron chi connectivity index (χ0n) is 12.9. The SMILES string of the molecule is CCC1CCCCN1C(=O)CNC(C)c1ccccc1Cl. The molecule has 1 aliphatic heterocycles. The van der Waals surface area contributed by atoms with Crippen molar-refractivity contribution >= 4 is 17.5 Å². The first kappa shape index (κ1) is 16.3. The molecule has 0 bridgehead atoms. The number of hydrogen-bond donors (Lipinski definition) is 1. The summed E-state index contributed by atoms with van der Waals surface area (Å²) in [5.41, 5.74) is 1.04. The third-order valence-corrected chi connectivity index (χ3v) is 4.69. The van der Waals surface area contributed by atoms with Crippen molar-refractivity contribution in [1.29, 1.82) is 0 Å². The maximum absolute atomic E-state index is 12.4. The Hall–Kier alpha value is -1.06. The normalized spacial score (nSPS) is 20.3. The smallest absolute Gasteiger partial charge is 0.236 e. The highest BCUT2D eigenvalue weighted by Gasteiger charge is 2.25. The predicted molar refractivity (Wildman–Crippen MR) is 87.5 cm³/mol. The molecule has 1 saturated heterocycles. The standard InChI is InChI=1S/C17H25ClN2O/c1-3-14-8-6-7-11-20(14)17(21)12-19-13(2)15-9-4-5-10-16(15)18/h4-5,9-10,13-14,19H,3,6-8,11-12H2,1-2H3. The number of likely N-dealkylation sites (tertiary alicyclic amines) is 1. The molecule has 1 aromatic carbocycles. The molecule has 1 fully saturated rings. The van der Waals surface area contributed by atoms with Crippen molar-refractivity contribution < 1.29 is 4.79 Å². The highest BCUT2D eigenvalue weighted by Crippen LogP contribution is 2.22. The topological polar surface area (TPSA) is 32.3 Å². The molecule has 1 amide bonds. The molecule has 2 rings (SSSR count). The first-order valence-corrected chi connectivity index (χ1v) is 8.28. The van der Waals surface area contributed by atoms with Crippen molar-refractivity contribution in [3.8, 4) is 0 Å². The predicted octanol–water partition coefficient (Wildman–Crippen LogP) is 3.78. The van der Waals surface area contributed by atoms with Crippen LogP contribution in [0.25, 0.3) is 0 Å². The van der Waals surface area contributed by atoms with E-state index < -0.39 is 0 Å². The lowest BCUT2D eigenvalue weighted by atomic mass is 10.00. The highest BCUT2D eigenvalue weighted by molar-refractivity contribution is 6.31. The van der Waals surface area contributed by atoms with Gasteiger partial charge in [-0.3, -0.25) is 4.79 Å². The van der Waals surface area contributed by atoms with E-state index in [1.54, 1.807) is 0 Å². The molecule has 1 N–H and O–H groups in total. The summed E-state index contributed by atoms with van der Waals surface area (Å²) in [4.78, 5) is 14.5. The Kier molecular flexibility index (Phi) is 6.07. The van der Waals surface area contributed by atoms with Crippen molar-refractivity contribution in [2.24, 2.45) is 0 Å². The van der Waals surface area contributed by atoms with E-state index in [1.807, 2.05) is 31.2 Å². The maximum Gasteiger partial charge on any atom is 0.236 e. The molecule has 1 heterocycles. The summed E-state index contributed by atoms with van der Waals surface area (Å²) in [6.07, 6.45) is 4.56. The monoisotopic (exact) mass is 308 g/mol. The number of carbonyl (C=O) groups excluding carboxylic acids is 1. The van der Waals surface area contributed by atoms with Crippen molar-refractivity contribution in [3.63, 3.8) is 0 Å². The number of nitrogens with one attached hydrogen (secondary N) is 1. The van der Waals surface area contributed by atoms with Gasteiger partial charge in [-0.2, -0.15) is 0 Å². The van der Waals surface area contributed by atoms with Gasteiger partial charge in [0.15, 0.2) is 0 Å². The highest BCUT2D eigenvalue weighted by atomic mass is 35.5. The summed E-state index contributed by atoms with van der Waals surface area (Å²) < 4.78 is 0. The summed E-state index contributed by atoms with van der Waals surface area (Å²) in [5, 5.41) is 4.05. The number of nitrogens with zero attached hydrogens (tertiary/aromatic N) is 1. The summed E-state index contributed by atoms with van der Waals surface area (Å²) >= 11 is 6.19. The molecule has 116 valence electrons. The third kappa shape index (κ3) is 4.21. The minimum Gasteiger partial charge on any atom is -0.339 e. The lowest BCUT2D eigenvalue weighted by molar-refractivity contribution is -0.134. The van der Waals surface area contributed by atoms with Gasteiger partial charge in [0.1, 0.15) is 0 Å². The van der Waals surface area contributed by atoms with Gasteiger partial charge in [0, 0.05) is 23.7 Å². The minimum absolute atomic E-state index is 0.0764. The second kappa shape index (κ2) is 7.81. The molecule has 4 heteroatoms. The summed E-state index contributed by atoms with van der Waals surface area (Å²) in [5.74, 6) is 0.209. The van der Waals surface area contributed by atoms with Crippen LogP contribution in [0, 0.1) is 0 Å². The van der Waals surface area contributed by atoms with E-state index >= 15 is 0 Å². The van der Waals surface area contributed by atoms with Gasteiger partial charge in [0.25, 0.3) is 0 Å². The number of amides is 1. The van der Waals surface area contributed by atoms with Crippen LogP contribution in [0.4, 0.5) is 0 Å². The van der Waals surface area contributed by atoms with Crippen LogP contribution in [0.1, 0.15) is 51.1 Å². The molecule has 2 atom stereocenters. The Bertz CT molecular complexity index is 478. The molecule has 0 spiro atoms. The molecule has 0 radical (unpaired) electrons. The van der Waals surface area contributed by atoms with Gasteiger partial charge in [-0.15, -0.1) is 0 Å². The van der Waals surface area contributed by atoms with Gasteiger partial charge < -0.3 is 10.2 Å². The first-order chi connectivity index (χ1) is 10.1. The van der Waals surface area contributed by atoms with Crippen molar-refractivity contribution in [2.75, 3.05) is 13.1 Å². The molecule has 1 aromatic rings. The van der Waals surface area contributed by atoms with Crippen molar-refractivity contribution in [3.05, 3.63) is 34.9 Å². The van der Waals surface area contributed by atoms with Crippen LogP contribution in [0.15, 0.2) is 24.3 Å². The Morgan fingerprint density at radius 1 is 1.43 bits per heavy atom. The van der Waals surface area contributed by atoms with Crippen LogP contribution in [0.3, 0.4) is 0 Å². The van der Waals surface area contributed by atoms with Crippen LogP contribution < -0.4 is 5.32 Å². The molecule has 0 aromatic heterocycles. The van der Waals surface area contributed by atoms with Crippen LogP contribution >= 0.6 is 11.6 Å². The van der Waals surface area contributed by atoms with Crippen LogP contribution in [0.5, 0.6) is 0 Å². The number of rotatable bonds is 5. The number of hydrogen-bond acceptors (Lipinski definition) is 2. The molecule has 21 heavy (non-hydrogen) atoms. The quantitative estimate of drug-likeness (QED) is 0.897. The van der Waals surface area contributed by atoms with Crippen LogP contribution in [0.2, 0.25) is 5.02 Å². The lowest BCUT2D eigenvalue weighted by Gasteiger charge is -2.35. The zero-order chi connectivity index (χ0) is 15.2. The van der Waals surface area contributed by atoms with Crippen LogP contribution in [-0.2, 0) is 4.79 Å². The van der Waals surface area contributed by atoms with E-state index in [0.717, 1.165) is 36.4 Å². The third-order valence-electron chi connectivity index (χ3n) is 4.35. The molecule has 3 nitrogen and oxygen atoms in total. The first-order valence-electron chi connectivity index (χ1n) is 7.90. The molecule has 2 unspecified atom stereocenters. The van der Waals surface area contributed by atoms with E-state index in [4.69, 9.17) is 11.6 Å². The zero-order valence-corrected chi connectivity index (χ0v) is 13.7. The van der Waals surface area contributed by atoms with Gasteiger partial charge in [0.05, 0.1) is 6.54 Å². The van der Waals surface area contributed by atoms with Crippen molar-refractivity contribution in [1.82, 2.24) is 10.2 Å².